The Morgan fingerprint density at radius 2 is 2.30 bits per heavy atom. The molecule has 108 valence electrons. The first-order chi connectivity index (χ1) is 9.28. The molecule has 0 aromatic heterocycles. The van der Waals surface area contributed by atoms with Crippen LogP contribution in [0.4, 0.5) is 5.69 Å². The van der Waals surface area contributed by atoms with Crippen molar-refractivity contribution in [2.75, 3.05) is 25.0 Å². The van der Waals surface area contributed by atoms with Gasteiger partial charge in [-0.15, -0.1) is 12.4 Å². The lowest BCUT2D eigenvalue weighted by Crippen LogP contribution is -2.36. The summed E-state index contributed by atoms with van der Waals surface area (Å²) in [6, 6.07) is 5.99. The van der Waals surface area contributed by atoms with Crippen molar-refractivity contribution in [3.8, 4) is 5.75 Å². The van der Waals surface area contributed by atoms with Crippen molar-refractivity contribution in [3.63, 3.8) is 0 Å². The van der Waals surface area contributed by atoms with Crippen LogP contribution in [0.2, 0.25) is 0 Å². The van der Waals surface area contributed by atoms with Crippen LogP contribution >= 0.6 is 12.4 Å². The van der Waals surface area contributed by atoms with E-state index in [1.165, 1.54) is 5.56 Å². The van der Waals surface area contributed by atoms with E-state index < -0.39 is 0 Å². The summed E-state index contributed by atoms with van der Waals surface area (Å²) < 4.78 is 5.64. The second-order valence-corrected chi connectivity index (χ2v) is 4.73. The molecule has 0 radical (unpaired) electrons. The van der Waals surface area contributed by atoms with Crippen molar-refractivity contribution in [2.24, 2.45) is 4.99 Å². The molecule has 1 aromatic rings. The minimum Gasteiger partial charge on any atom is -0.494 e. The fraction of sp³-hybridized carbons (Fsp3) is 0.429. The molecule has 0 atom stereocenters. The van der Waals surface area contributed by atoms with Crippen LogP contribution in [0.5, 0.6) is 5.75 Å². The number of hydrogen-bond acceptors (Lipinski definition) is 4. The van der Waals surface area contributed by atoms with Gasteiger partial charge in [-0.1, -0.05) is 6.92 Å². The number of nitrogens with one attached hydrogen (secondary N) is 1. The van der Waals surface area contributed by atoms with Crippen LogP contribution in [0.3, 0.4) is 0 Å². The second kappa shape index (κ2) is 6.13. The first-order valence-corrected chi connectivity index (χ1v) is 6.65. The van der Waals surface area contributed by atoms with Gasteiger partial charge in [0.1, 0.15) is 12.3 Å². The molecule has 0 bridgehead atoms. The Kier molecular flexibility index (Phi) is 4.49. The molecule has 0 saturated heterocycles. The summed E-state index contributed by atoms with van der Waals surface area (Å²) in [5, 5.41) is 3.23. The summed E-state index contributed by atoms with van der Waals surface area (Å²) in [4.78, 5) is 17.6. The molecule has 1 amide bonds. The highest BCUT2D eigenvalue weighted by Crippen LogP contribution is 2.26. The number of carbonyl (C=O) groups excluding carboxylic acids is 1. The molecule has 3 rings (SSSR count). The van der Waals surface area contributed by atoms with Gasteiger partial charge in [-0.05, 0) is 36.6 Å². The second-order valence-electron chi connectivity index (χ2n) is 4.73. The van der Waals surface area contributed by atoms with Crippen molar-refractivity contribution in [1.82, 2.24) is 4.90 Å². The topological polar surface area (TPSA) is 53.9 Å². The van der Waals surface area contributed by atoms with E-state index in [9.17, 15) is 4.79 Å². The van der Waals surface area contributed by atoms with Crippen LogP contribution in [0, 0.1) is 0 Å². The van der Waals surface area contributed by atoms with Gasteiger partial charge in [0.2, 0.25) is 5.96 Å². The van der Waals surface area contributed by atoms with E-state index in [0.717, 1.165) is 30.9 Å². The van der Waals surface area contributed by atoms with Gasteiger partial charge in [0.15, 0.2) is 0 Å². The van der Waals surface area contributed by atoms with E-state index in [0.29, 0.717) is 12.5 Å². The van der Waals surface area contributed by atoms with E-state index in [1.807, 2.05) is 18.2 Å². The molecule has 6 heteroatoms. The molecule has 0 fully saturated rings. The van der Waals surface area contributed by atoms with E-state index in [1.54, 1.807) is 4.90 Å². The molecule has 20 heavy (non-hydrogen) atoms. The van der Waals surface area contributed by atoms with Crippen molar-refractivity contribution in [1.29, 1.82) is 0 Å². The highest BCUT2D eigenvalue weighted by Gasteiger charge is 2.28. The van der Waals surface area contributed by atoms with Crippen molar-refractivity contribution in [2.45, 2.75) is 19.8 Å². The Morgan fingerprint density at radius 1 is 1.45 bits per heavy atom. The Hall–Kier alpha value is -1.75. The zero-order valence-corrected chi connectivity index (χ0v) is 12.2. The largest absolute Gasteiger partial charge is 0.494 e. The van der Waals surface area contributed by atoms with Gasteiger partial charge in [-0.3, -0.25) is 9.69 Å². The van der Waals surface area contributed by atoms with Crippen LogP contribution in [0.25, 0.3) is 0 Å². The lowest BCUT2D eigenvalue weighted by atomic mass is 10.1. The maximum Gasteiger partial charge on any atom is 0.251 e. The average Bonchev–Trinajstić information content (AvgIpc) is 2.67. The minimum absolute atomic E-state index is 0. The summed E-state index contributed by atoms with van der Waals surface area (Å²) in [7, 11) is 0. The third kappa shape index (κ3) is 2.72. The smallest absolute Gasteiger partial charge is 0.251 e. The Labute approximate surface area is 124 Å². The fourth-order valence-electron chi connectivity index (χ4n) is 2.33. The standard InChI is InChI=1S/C14H17N3O2.ClH/c1-2-7-19-11-3-4-12-10(8-11)5-6-17-13(18)9-15-14(17)16-12;/h3-4,8H,2,5-7,9H2,1H3,(H,15,16);1H. The monoisotopic (exact) mass is 295 g/mol. The number of guanidine groups is 1. The number of fused-ring (bicyclic) bond motifs is 2. The molecule has 0 spiro atoms. The first kappa shape index (κ1) is 14.7. The third-order valence-electron chi connectivity index (χ3n) is 3.32. The molecule has 2 aliphatic rings. The maximum atomic E-state index is 11.7. The molecule has 2 heterocycles. The Morgan fingerprint density at radius 3 is 3.10 bits per heavy atom. The first-order valence-electron chi connectivity index (χ1n) is 6.65. The van der Waals surface area contributed by atoms with Gasteiger partial charge in [-0.2, -0.15) is 0 Å². The molecule has 5 nitrogen and oxygen atoms in total. The van der Waals surface area contributed by atoms with Gasteiger partial charge < -0.3 is 10.1 Å². The van der Waals surface area contributed by atoms with Crippen molar-refractivity contribution >= 4 is 30.0 Å². The molecular formula is C14H18ClN3O2. The van der Waals surface area contributed by atoms with Crippen LogP contribution in [0.1, 0.15) is 18.9 Å². The number of anilines is 1. The van der Waals surface area contributed by atoms with Crippen molar-refractivity contribution in [3.05, 3.63) is 23.8 Å². The molecule has 1 N–H and O–H groups in total. The summed E-state index contributed by atoms with van der Waals surface area (Å²) in [5.74, 6) is 1.63. The molecule has 0 unspecified atom stereocenters. The van der Waals surface area contributed by atoms with Crippen LogP contribution in [0.15, 0.2) is 23.2 Å². The summed E-state index contributed by atoms with van der Waals surface area (Å²) >= 11 is 0. The summed E-state index contributed by atoms with van der Waals surface area (Å²) in [6.07, 6.45) is 1.81. The van der Waals surface area contributed by atoms with E-state index in [-0.39, 0.29) is 24.9 Å². The molecule has 1 aromatic carbocycles. The Bertz CT molecular complexity index is 545. The predicted molar refractivity (Wildman–Crippen MR) is 80.8 cm³/mol. The number of benzene rings is 1. The number of rotatable bonds is 3. The number of halogens is 1. The normalized spacial score (nSPS) is 16.4. The molecule has 0 aliphatic carbocycles. The number of carbonyl (C=O) groups is 1. The lowest BCUT2D eigenvalue weighted by molar-refractivity contribution is -0.124. The maximum absolute atomic E-state index is 11.7. The summed E-state index contributed by atoms with van der Waals surface area (Å²) in [6.45, 7) is 3.75. The number of ether oxygens (including phenoxy) is 1. The number of hydrogen-bond donors (Lipinski definition) is 1. The lowest BCUT2D eigenvalue weighted by Gasteiger charge is -2.14. The van der Waals surface area contributed by atoms with Gasteiger partial charge in [0, 0.05) is 12.2 Å². The molecular weight excluding hydrogens is 278 g/mol. The summed E-state index contributed by atoms with van der Waals surface area (Å²) in [5.41, 5.74) is 2.18. The van der Waals surface area contributed by atoms with Crippen LogP contribution in [-0.2, 0) is 11.2 Å². The van der Waals surface area contributed by atoms with Gasteiger partial charge >= 0.3 is 0 Å². The highest BCUT2D eigenvalue weighted by atomic mass is 35.5. The zero-order valence-electron chi connectivity index (χ0n) is 11.4. The third-order valence-corrected chi connectivity index (χ3v) is 3.32. The number of nitrogens with zero attached hydrogens (tertiary/aromatic N) is 2. The van der Waals surface area contributed by atoms with Crippen molar-refractivity contribution < 1.29 is 9.53 Å². The fourth-order valence-corrected chi connectivity index (χ4v) is 2.33. The molecule has 2 aliphatic heterocycles. The van der Waals surface area contributed by atoms with Gasteiger partial charge in [0.25, 0.3) is 5.91 Å². The van der Waals surface area contributed by atoms with E-state index >= 15 is 0 Å². The van der Waals surface area contributed by atoms with E-state index in [4.69, 9.17) is 4.74 Å². The zero-order chi connectivity index (χ0) is 13.2. The van der Waals surface area contributed by atoms with Gasteiger partial charge in [0.05, 0.1) is 6.61 Å². The highest BCUT2D eigenvalue weighted by molar-refractivity contribution is 6.09. The van der Waals surface area contributed by atoms with Gasteiger partial charge in [-0.25, -0.2) is 4.99 Å². The number of aliphatic imine (C=N–C) groups is 1. The van der Waals surface area contributed by atoms with E-state index in [2.05, 4.69) is 17.2 Å². The minimum atomic E-state index is 0. The quantitative estimate of drug-likeness (QED) is 0.929. The number of amides is 1. The molecule has 0 saturated carbocycles. The van der Waals surface area contributed by atoms with Crippen LogP contribution < -0.4 is 10.1 Å². The Balaban J connectivity index is 0.00000147. The SMILES string of the molecule is CCCOc1ccc2c(c1)CCN1C(=O)CN=C1N2.Cl. The van der Waals surface area contributed by atoms with Crippen LogP contribution in [-0.4, -0.2) is 36.5 Å². The predicted octanol–water partition coefficient (Wildman–Crippen LogP) is 2.06. The average molecular weight is 296 g/mol.